The van der Waals surface area contributed by atoms with Gasteiger partial charge >= 0.3 is 6.18 Å². The van der Waals surface area contributed by atoms with Crippen molar-refractivity contribution in [3.63, 3.8) is 0 Å². The van der Waals surface area contributed by atoms with E-state index in [0.717, 1.165) is 12.1 Å². The molecule has 39 heavy (non-hydrogen) atoms. The van der Waals surface area contributed by atoms with Crippen LogP contribution in [0.15, 0.2) is 48.8 Å². The van der Waals surface area contributed by atoms with E-state index < -0.39 is 34.9 Å². The van der Waals surface area contributed by atoms with Crippen molar-refractivity contribution in [2.75, 3.05) is 35.7 Å². The average Bonchev–Trinajstić information content (AvgIpc) is 2.84. The number of rotatable bonds is 5. The zero-order chi connectivity index (χ0) is 28.1. The molecule has 2 aromatic carbocycles. The number of para-hydroxylation sites is 1. The first-order valence-corrected chi connectivity index (χ1v) is 12.2. The Hall–Kier alpha value is -4.06. The summed E-state index contributed by atoms with van der Waals surface area (Å²) in [5.74, 6) is -0.992. The number of likely N-dealkylation sites (N-methyl/N-ethyl adjacent to an activating group) is 1. The van der Waals surface area contributed by atoms with Crippen molar-refractivity contribution in [3.05, 3.63) is 77.0 Å². The SMILES string of the molecule is CC(=O)Nc1cc([C@@H](C)Nc2ncnc3c2CN(c2ccccc2F)C(=O)C32CN(C)C2)cc(C(F)(F)F)c1. The monoisotopic (exact) mass is 542 g/mol. The first-order chi connectivity index (χ1) is 18.4. The minimum Gasteiger partial charge on any atom is -0.363 e. The molecule has 0 aliphatic carbocycles. The molecule has 3 heterocycles. The topological polar surface area (TPSA) is 90.5 Å². The molecule has 1 saturated heterocycles. The number of benzene rings is 2. The van der Waals surface area contributed by atoms with Gasteiger partial charge in [-0.2, -0.15) is 13.2 Å². The van der Waals surface area contributed by atoms with Crippen LogP contribution < -0.4 is 15.5 Å². The third-order valence-electron chi connectivity index (χ3n) is 7.05. The third kappa shape index (κ3) is 4.80. The lowest BCUT2D eigenvalue weighted by molar-refractivity contribution is -0.137. The number of hydrogen-bond donors (Lipinski definition) is 2. The lowest BCUT2D eigenvalue weighted by atomic mass is 9.71. The van der Waals surface area contributed by atoms with E-state index in [1.807, 2.05) is 11.9 Å². The Balaban J connectivity index is 1.55. The second-order valence-electron chi connectivity index (χ2n) is 10.0. The molecule has 12 heteroatoms. The van der Waals surface area contributed by atoms with Gasteiger partial charge in [-0.05, 0) is 49.9 Å². The van der Waals surface area contributed by atoms with Gasteiger partial charge in [0.1, 0.15) is 23.4 Å². The van der Waals surface area contributed by atoms with Gasteiger partial charge in [-0.3, -0.25) is 9.59 Å². The zero-order valence-corrected chi connectivity index (χ0v) is 21.4. The van der Waals surface area contributed by atoms with Gasteiger partial charge in [0.15, 0.2) is 0 Å². The summed E-state index contributed by atoms with van der Waals surface area (Å²) in [7, 11) is 1.86. The molecule has 0 saturated carbocycles. The molecule has 1 spiro atoms. The number of anilines is 3. The number of nitrogens with zero attached hydrogens (tertiary/aromatic N) is 4. The predicted molar refractivity (Wildman–Crippen MR) is 137 cm³/mol. The van der Waals surface area contributed by atoms with Crippen LogP contribution in [0.3, 0.4) is 0 Å². The van der Waals surface area contributed by atoms with Crippen LogP contribution in [0.2, 0.25) is 0 Å². The second kappa shape index (κ2) is 9.60. The van der Waals surface area contributed by atoms with Crippen molar-refractivity contribution >= 4 is 29.0 Å². The van der Waals surface area contributed by atoms with Gasteiger partial charge in [0, 0.05) is 31.3 Å². The minimum atomic E-state index is -4.62. The Morgan fingerprint density at radius 2 is 1.85 bits per heavy atom. The van der Waals surface area contributed by atoms with Gasteiger partial charge in [0.2, 0.25) is 11.8 Å². The van der Waals surface area contributed by atoms with Gasteiger partial charge < -0.3 is 20.4 Å². The van der Waals surface area contributed by atoms with Crippen molar-refractivity contribution in [3.8, 4) is 0 Å². The van der Waals surface area contributed by atoms with Crippen LogP contribution in [0.25, 0.3) is 0 Å². The van der Waals surface area contributed by atoms with Crippen LogP contribution in [-0.4, -0.2) is 46.8 Å². The van der Waals surface area contributed by atoms with Crippen LogP contribution in [0, 0.1) is 5.82 Å². The molecule has 3 aromatic rings. The van der Waals surface area contributed by atoms with E-state index in [1.54, 1.807) is 13.0 Å². The molecule has 2 aliphatic heterocycles. The van der Waals surface area contributed by atoms with Crippen LogP contribution >= 0.6 is 0 Å². The fourth-order valence-corrected chi connectivity index (χ4v) is 5.34. The number of nitrogens with one attached hydrogen (secondary N) is 2. The zero-order valence-electron chi connectivity index (χ0n) is 21.4. The summed E-state index contributed by atoms with van der Waals surface area (Å²) < 4.78 is 55.6. The second-order valence-corrected chi connectivity index (χ2v) is 10.0. The Morgan fingerprint density at radius 1 is 1.13 bits per heavy atom. The Bertz CT molecular complexity index is 1450. The number of halogens is 4. The number of carbonyl (C=O) groups is 2. The van der Waals surface area contributed by atoms with Crippen molar-refractivity contribution in [2.45, 2.75) is 38.0 Å². The average molecular weight is 543 g/mol. The molecule has 1 aromatic heterocycles. The van der Waals surface area contributed by atoms with Gasteiger partial charge in [0.25, 0.3) is 0 Å². The van der Waals surface area contributed by atoms with Crippen LogP contribution in [0.1, 0.15) is 42.3 Å². The molecule has 0 bridgehead atoms. The summed E-state index contributed by atoms with van der Waals surface area (Å²) in [5, 5.41) is 5.58. The standard InChI is InChI=1S/C27H26F4N6O2/c1-15(17-8-18(27(29,30)31)10-19(9-17)35-16(2)38)34-24-20-11-37(22-7-5-4-6-21(22)28)25(39)26(12-36(3)13-26)23(20)32-14-33-24/h4-10,14-15H,11-13H2,1-3H3,(H,35,38)(H,32,33,34)/t15-/m1/s1. The minimum absolute atomic E-state index is 0.0125. The Kier molecular flexibility index (Phi) is 6.53. The van der Waals surface area contributed by atoms with E-state index in [9.17, 15) is 27.2 Å². The fraction of sp³-hybridized carbons (Fsp3) is 0.333. The molecular formula is C27H26F4N6O2. The fourth-order valence-electron chi connectivity index (χ4n) is 5.34. The quantitative estimate of drug-likeness (QED) is 0.462. The number of fused-ring (bicyclic) bond motifs is 2. The molecule has 1 fully saturated rings. The maximum atomic E-state index is 14.8. The maximum absolute atomic E-state index is 14.8. The van der Waals surface area contributed by atoms with E-state index in [1.165, 1.54) is 42.4 Å². The number of aromatic nitrogens is 2. The number of hydrogen-bond acceptors (Lipinski definition) is 6. The van der Waals surface area contributed by atoms with Gasteiger partial charge in [-0.1, -0.05) is 12.1 Å². The number of likely N-dealkylation sites (tertiary alicyclic amines) is 1. The third-order valence-corrected chi connectivity index (χ3v) is 7.05. The van der Waals surface area contributed by atoms with Gasteiger partial charge in [-0.25, -0.2) is 14.4 Å². The van der Waals surface area contributed by atoms with Crippen LogP contribution in [0.5, 0.6) is 0 Å². The van der Waals surface area contributed by atoms with Crippen molar-refractivity contribution in [1.29, 1.82) is 0 Å². The number of amides is 2. The summed E-state index contributed by atoms with van der Waals surface area (Å²) in [6.07, 6.45) is -3.31. The summed E-state index contributed by atoms with van der Waals surface area (Å²) in [6.45, 7) is 3.62. The highest BCUT2D eigenvalue weighted by Gasteiger charge is 2.56. The highest BCUT2D eigenvalue weighted by atomic mass is 19.4. The normalized spacial score (nSPS) is 17.4. The molecule has 0 radical (unpaired) electrons. The first kappa shape index (κ1) is 26.5. The highest BCUT2D eigenvalue weighted by molar-refractivity contribution is 6.04. The van der Waals surface area contributed by atoms with Crippen molar-refractivity contribution in [2.24, 2.45) is 0 Å². The van der Waals surface area contributed by atoms with Crippen LogP contribution in [0.4, 0.5) is 34.8 Å². The van der Waals surface area contributed by atoms with Crippen LogP contribution in [-0.2, 0) is 27.7 Å². The van der Waals surface area contributed by atoms with Gasteiger partial charge in [-0.15, -0.1) is 0 Å². The summed E-state index contributed by atoms with van der Waals surface area (Å²) in [6, 6.07) is 8.64. The van der Waals surface area contributed by atoms with E-state index in [2.05, 4.69) is 20.6 Å². The van der Waals surface area contributed by atoms with E-state index >= 15 is 0 Å². The predicted octanol–water partition coefficient (Wildman–Crippen LogP) is 4.50. The first-order valence-electron chi connectivity index (χ1n) is 12.2. The lowest BCUT2D eigenvalue weighted by Crippen LogP contribution is -2.68. The Labute approximate surface area is 222 Å². The maximum Gasteiger partial charge on any atom is 0.416 e. The molecule has 5 rings (SSSR count). The smallest absolute Gasteiger partial charge is 0.363 e. The summed E-state index contributed by atoms with van der Waals surface area (Å²) >= 11 is 0. The van der Waals surface area contributed by atoms with E-state index in [0.29, 0.717) is 30.2 Å². The summed E-state index contributed by atoms with van der Waals surface area (Å²) in [5.41, 5.74) is -0.421. The largest absolute Gasteiger partial charge is 0.416 e. The molecule has 0 unspecified atom stereocenters. The highest BCUT2D eigenvalue weighted by Crippen LogP contribution is 2.44. The molecule has 204 valence electrons. The van der Waals surface area contributed by atoms with Crippen molar-refractivity contribution in [1.82, 2.24) is 14.9 Å². The van der Waals surface area contributed by atoms with E-state index in [4.69, 9.17) is 0 Å². The molecule has 2 aliphatic rings. The van der Waals surface area contributed by atoms with Crippen molar-refractivity contribution < 1.29 is 27.2 Å². The molecule has 1 atom stereocenters. The number of alkyl halides is 3. The molecule has 2 N–H and O–H groups in total. The van der Waals surface area contributed by atoms with E-state index in [-0.39, 0.29) is 29.4 Å². The summed E-state index contributed by atoms with van der Waals surface area (Å²) in [4.78, 5) is 37.4. The Morgan fingerprint density at radius 3 is 2.49 bits per heavy atom. The number of carbonyl (C=O) groups excluding carboxylic acids is 2. The molecular weight excluding hydrogens is 516 g/mol. The lowest BCUT2D eigenvalue weighted by Gasteiger charge is -2.51. The molecule has 8 nitrogen and oxygen atoms in total. The van der Waals surface area contributed by atoms with Gasteiger partial charge in [0.05, 0.1) is 29.5 Å². The molecule has 2 amide bonds.